The Hall–Kier alpha value is -3.35. The van der Waals surface area contributed by atoms with Crippen LogP contribution in [0.2, 0.25) is 0 Å². The van der Waals surface area contributed by atoms with Gasteiger partial charge in [0.15, 0.2) is 0 Å². The van der Waals surface area contributed by atoms with Crippen LogP contribution in [0.4, 0.5) is 4.79 Å². The van der Waals surface area contributed by atoms with Crippen molar-refractivity contribution in [2.45, 2.75) is 64.0 Å². The van der Waals surface area contributed by atoms with Crippen molar-refractivity contribution in [3.63, 3.8) is 0 Å². The van der Waals surface area contributed by atoms with Gasteiger partial charge in [-0.05, 0) is 46.9 Å². The van der Waals surface area contributed by atoms with Crippen molar-refractivity contribution in [3.8, 4) is 11.1 Å². The third-order valence-electron chi connectivity index (χ3n) is 7.54. The summed E-state index contributed by atoms with van der Waals surface area (Å²) in [5.74, 6) is -1.38. The molecule has 0 heterocycles. The molecule has 0 bridgehead atoms. The molecule has 35 heavy (non-hydrogen) atoms. The summed E-state index contributed by atoms with van der Waals surface area (Å²) >= 11 is 0. The monoisotopic (exact) mass is 478 g/mol. The Morgan fingerprint density at radius 2 is 1.66 bits per heavy atom. The molecule has 7 heteroatoms. The molecule has 2 aromatic rings. The molecule has 1 saturated carbocycles. The highest BCUT2D eigenvalue weighted by Crippen LogP contribution is 2.44. The van der Waals surface area contributed by atoms with Crippen molar-refractivity contribution < 1.29 is 24.2 Å². The zero-order chi connectivity index (χ0) is 24.9. The van der Waals surface area contributed by atoms with Crippen LogP contribution < -0.4 is 10.6 Å². The maximum Gasteiger partial charge on any atom is 0.407 e. The van der Waals surface area contributed by atoms with E-state index in [1.807, 2.05) is 38.1 Å². The first-order chi connectivity index (χ1) is 16.9. The summed E-state index contributed by atoms with van der Waals surface area (Å²) in [7, 11) is 0. The van der Waals surface area contributed by atoms with Crippen molar-refractivity contribution in [1.82, 2.24) is 10.6 Å². The maximum atomic E-state index is 13.1. The molecule has 4 atom stereocenters. The number of amides is 2. The van der Waals surface area contributed by atoms with Gasteiger partial charge < -0.3 is 20.5 Å². The van der Waals surface area contributed by atoms with Gasteiger partial charge in [0.1, 0.15) is 12.6 Å². The first-order valence-corrected chi connectivity index (χ1v) is 12.5. The average Bonchev–Trinajstić information content (AvgIpc) is 3.41. The maximum absolute atomic E-state index is 13.1. The van der Waals surface area contributed by atoms with E-state index in [1.54, 1.807) is 0 Å². The minimum atomic E-state index is -0.855. The van der Waals surface area contributed by atoms with Gasteiger partial charge in [-0.15, -0.1) is 0 Å². The first-order valence-electron chi connectivity index (χ1n) is 12.5. The smallest absolute Gasteiger partial charge is 0.407 e. The number of rotatable bonds is 9. The molecular weight excluding hydrogens is 444 g/mol. The minimum absolute atomic E-state index is 0.0404. The Labute approximate surface area is 206 Å². The summed E-state index contributed by atoms with van der Waals surface area (Å²) in [5.41, 5.74) is 4.56. The molecule has 0 saturated heterocycles. The van der Waals surface area contributed by atoms with Gasteiger partial charge in [0.05, 0.1) is 6.42 Å². The van der Waals surface area contributed by atoms with Crippen LogP contribution in [0, 0.1) is 11.8 Å². The normalized spacial score (nSPS) is 20.4. The Bertz CT molecular complexity index is 1040. The average molecular weight is 479 g/mol. The van der Waals surface area contributed by atoms with Gasteiger partial charge in [-0.25, -0.2) is 4.79 Å². The molecule has 0 radical (unpaired) electrons. The van der Waals surface area contributed by atoms with Crippen molar-refractivity contribution in [2.24, 2.45) is 11.8 Å². The zero-order valence-electron chi connectivity index (χ0n) is 20.3. The highest BCUT2D eigenvalue weighted by atomic mass is 16.5. The van der Waals surface area contributed by atoms with E-state index in [2.05, 4.69) is 34.9 Å². The van der Waals surface area contributed by atoms with E-state index < -0.39 is 18.1 Å². The number of carboxylic acid groups (broad SMARTS) is 1. The van der Waals surface area contributed by atoms with Gasteiger partial charge in [-0.3, -0.25) is 9.59 Å². The predicted octanol–water partition coefficient (Wildman–Crippen LogP) is 4.70. The molecule has 3 N–H and O–H groups in total. The number of ether oxygens (including phenoxy) is 1. The Morgan fingerprint density at radius 3 is 2.26 bits per heavy atom. The molecule has 0 aromatic heterocycles. The predicted molar refractivity (Wildman–Crippen MR) is 133 cm³/mol. The number of nitrogens with one attached hydrogen (secondary N) is 2. The van der Waals surface area contributed by atoms with Gasteiger partial charge >= 0.3 is 12.1 Å². The fourth-order valence-electron chi connectivity index (χ4n) is 5.44. The largest absolute Gasteiger partial charge is 0.481 e. The van der Waals surface area contributed by atoms with Crippen molar-refractivity contribution in [1.29, 1.82) is 0 Å². The molecule has 0 aliphatic heterocycles. The van der Waals surface area contributed by atoms with Crippen LogP contribution in [-0.4, -0.2) is 41.8 Å². The van der Waals surface area contributed by atoms with E-state index in [0.29, 0.717) is 6.42 Å². The molecule has 186 valence electrons. The van der Waals surface area contributed by atoms with E-state index in [4.69, 9.17) is 9.84 Å². The van der Waals surface area contributed by atoms with E-state index in [0.717, 1.165) is 41.5 Å². The lowest BCUT2D eigenvalue weighted by Crippen LogP contribution is -2.53. The lowest BCUT2D eigenvalue weighted by molar-refractivity contribution is -0.138. The summed E-state index contributed by atoms with van der Waals surface area (Å²) in [6.45, 7) is 4.06. The zero-order valence-corrected chi connectivity index (χ0v) is 20.3. The number of hydrogen-bond acceptors (Lipinski definition) is 4. The number of fused-ring (bicyclic) bond motifs is 3. The van der Waals surface area contributed by atoms with Crippen LogP contribution in [0.15, 0.2) is 48.5 Å². The van der Waals surface area contributed by atoms with Crippen molar-refractivity contribution >= 4 is 18.0 Å². The number of alkyl carbamates (subject to hydrolysis) is 1. The van der Waals surface area contributed by atoms with Crippen LogP contribution >= 0.6 is 0 Å². The quantitative estimate of drug-likeness (QED) is 0.485. The molecule has 0 spiro atoms. The molecule has 1 fully saturated rings. The lowest BCUT2D eigenvalue weighted by Gasteiger charge is -2.27. The second-order valence-corrected chi connectivity index (χ2v) is 9.74. The standard InChI is InChI=1S/C28H34N2O5/c1-3-17(2)26(27(33)29-24-14-8-9-18(24)15-25(31)32)30-28(34)35-16-23-21-12-6-4-10-19(21)20-11-5-7-13-22(20)23/h4-7,10-13,17-18,23-24,26H,3,8-9,14-16H2,1-2H3,(H,29,33)(H,30,34)(H,31,32)/t17?,18-,24+,26-/m0/s1. The number of carboxylic acids is 1. The number of carbonyl (C=O) groups is 3. The summed E-state index contributed by atoms with van der Waals surface area (Å²) in [5, 5.41) is 15.0. The van der Waals surface area contributed by atoms with Gasteiger partial charge in [-0.2, -0.15) is 0 Å². The van der Waals surface area contributed by atoms with Crippen molar-refractivity contribution in [2.75, 3.05) is 6.61 Å². The van der Waals surface area contributed by atoms with E-state index in [-0.39, 0.29) is 42.7 Å². The Balaban J connectivity index is 1.40. The van der Waals surface area contributed by atoms with Gasteiger partial charge in [-0.1, -0.05) is 75.2 Å². The summed E-state index contributed by atoms with van der Waals surface area (Å²) < 4.78 is 5.65. The highest BCUT2D eigenvalue weighted by Gasteiger charge is 2.35. The van der Waals surface area contributed by atoms with E-state index in [1.165, 1.54) is 0 Å². The number of benzene rings is 2. The Morgan fingerprint density at radius 1 is 1.03 bits per heavy atom. The van der Waals surface area contributed by atoms with Crippen LogP contribution in [0.5, 0.6) is 0 Å². The molecule has 2 aliphatic carbocycles. The van der Waals surface area contributed by atoms with Gasteiger partial charge in [0.25, 0.3) is 0 Å². The van der Waals surface area contributed by atoms with E-state index in [9.17, 15) is 14.4 Å². The van der Waals surface area contributed by atoms with Crippen LogP contribution in [0.3, 0.4) is 0 Å². The minimum Gasteiger partial charge on any atom is -0.481 e. The molecule has 4 rings (SSSR count). The molecule has 2 aliphatic rings. The van der Waals surface area contributed by atoms with Crippen molar-refractivity contribution in [3.05, 3.63) is 59.7 Å². The van der Waals surface area contributed by atoms with Crippen LogP contribution in [0.25, 0.3) is 11.1 Å². The van der Waals surface area contributed by atoms with Crippen LogP contribution in [0.1, 0.15) is 63.0 Å². The summed E-state index contributed by atoms with van der Waals surface area (Å²) in [4.78, 5) is 37.1. The highest BCUT2D eigenvalue weighted by molar-refractivity contribution is 5.86. The van der Waals surface area contributed by atoms with Crippen LogP contribution in [-0.2, 0) is 14.3 Å². The second-order valence-electron chi connectivity index (χ2n) is 9.74. The fourth-order valence-corrected chi connectivity index (χ4v) is 5.44. The molecular formula is C28H34N2O5. The van der Waals surface area contributed by atoms with Gasteiger partial charge in [0, 0.05) is 12.0 Å². The topological polar surface area (TPSA) is 105 Å². The lowest BCUT2D eigenvalue weighted by atomic mass is 9.96. The number of aliphatic carboxylic acids is 1. The third kappa shape index (κ3) is 5.50. The van der Waals surface area contributed by atoms with Gasteiger partial charge in [0.2, 0.25) is 5.91 Å². The summed E-state index contributed by atoms with van der Waals surface area (Å²) in [6.07, 6.45) is 2.54. The molecule has 2 aromatic carbocycles. The number of hydrogen-bond donors (Lipinski definition) is 3. The first kappa shape index (κ1) is 24.8. The Kier molecular flexibility index (Phi) is 7.73. The number of carbonyl (C=O) groups excluding carboxylic acids is 2. The summed E-state index contributed by atoms with van der Waals surface area (Å²) in [6, 6.07) is 15.3. The fraction of sp³-hybridized carbons (Fsp3) is 0.464. The molecule has 2 amide bonds. The molecule has 1 unspecified atom stereocenters. The second kappa shape index (κ2) is 10.9. The van der Waals surface area contributed by atoms with E-state index >= 15 is 0 Å². The molecule has 7 nitrogen and oxygen atoms in total. The third-order valence-corrected chi connectivity index (χ3v) is 7.54. The SMILES string of the molecule is CCC(C)[C@H](NC(=O)OCC1c2ccccc2-c2ccccc21)C(=O)N[C@@H]1CCC[C@H]1CC(=O)O.